The molecule has 0 spiro atoms. The molecule has 0 saturated heterocycles. The molecule has 1 N–H and O–H groups in total. The first kappa shape index (κ1) is 13.5. The maximum absolute atomic E-state index is 5.95. The van der Waals surface area contributed by atoms with Crippen LogP contribution < -0.4 is 4.74 Å². The largest absolute Gasteiger partial charge is 0.496 e. The van der Waals surface area contributed by atoms with Gasteiger partial charge in [-0.25, -0.2) is 9.97 Å². The number of H-pyrrole nitrogens is 1. The summed E-state index contributed by atoms with van der Waals surface area (Å²) in [6, 6.07) is 6.99. The highest BCUT2D eigenvalue weighted by molar-refractivity contribution is 6.41. The highest BCUT2D eigenvalue weighted by atomic mass is 35.5. The van der Waals surface area contributed by atoms with Crippen molar-refractivity contribution in [3.63, 3.8) is 0 Å². The van der Waals surface area contributed by atoms with Gasteiger partial charge in [0.1, 0.15) is 16.7 Å². The summed E-state index contributed by atoms with van der Waals surface area (Å²) in [7, 11) is 1.57. The molecule has 0 fully saturated rings. The lowest BCUT2D eigenvalue weighted by molar-refractivity contribution is 0.416. The topological polar surface area (TPSA) is 50.8 Å². The third kappa shape index (κ3) is 2.30. The van der Waals surface area contributed by atoms with E-state index in [1.54, 1.807) is 25.3 Å². The monoisotopic (exact) mass is 327 g/mol. The number of imidazole rings is 1. The number of nitrogens with one attached hydrogen (secondary N) is 1. The molecule has 7 heteroatoms. The van der Waals surface area contributed by atoms with Crippen LogP contribution in [0.25, 0.3) is 22.6 Å². The second-order valence-electron chi connectivity index (χ2n) is 4.06. The van der Waals surface area contributed by atoms with Gasteiger partial charge in [-0.15, -0.1) is 0 Å². The molecule has 2 aromatic heterocycles. The molecular weight excluding hydrogens is 321 g/mol. The maximum atomic E-state index is 5.95. The van der Waals surface area contributed by atoms with E-state index >= 15 is 0 Å². The highest BCUT2D eigenvalue weighted by Gasteiger charge is 2.13. The normalized spacial score (nSPS) is 11.0. The minimum absolute atomic E-state index is 0.222. The second-order valence-corrected chi connectivity index (χ2v) is 5.26. The Kier molecular flexibility index (Phi) is 3.46. The van der Waals surface area contributed by atoms with E-state index in [1.165, 1.54) is 0 Å². The summed E-state index contributed by atoms with van der Waals surface area (Å²) in [6.45, 7) is 0. The number of hydrogen-bond donors (Lipinski definition) is 1. The van der Waals surface area contributed by atoms with E-state index in [0.717, 1.165) is 5.56 Å². The van der Waals surface area contributed by atoms with Crippen LogP contribution in [0.3, 0.4) is 0 Å². The summed E-state index contributed by atoms with van der Waals surface area (Å²) in [6.07, 6.45) is 0. The molecule has 0 radical (unpaired) electrons. The fraction of sp³-hybridized carbons (Fsp3) is 0.0769. The zero-order chi connectivity index (χ0) is 14.3. The van der Waals surface area contributed by atoms with Crippen molar-refractivity contribution in [3.8, 4) is 17.1 Å². The molecule has 1 aromatic carbocycles. The number of pyridine rings is 1. The zero-order valence-electron chi connectivity index (χ0n) is 10.2. The molecule has 0 aliphatic heterocycles. The predicted molar refractivity (Wildman–Crippen MR) is 80.9 cm³/mol. The van der Waals surface area contributed by atoms with Gasteiger partial charge in [0.25, 0.3) is 0 Å². The SMILES string of the molecule is COc1cc(Cl)ccc1-c1nc2nc(Cl)c(Cl)cc2[nH]1. The van der Waals surface area contributed by atoms with E-state index in [9.17, 15) is 0 Å². The van der Waals surface area contributed by atoms with Crippen molar-refractivity contribution in [1.82, 2.24) is 15.0 Å². The molecule has 0 aliphatic rings. The van der Waals surface area contributed by atoms with Gasteiger partial charge in [0, 0.05) is 5.02 Å². The van der Waals surface area contributed by atoms with E-state index in [2.05, 4.69) is 15.0 Å². The number of nitrogens with zero attached hydrogens (tertiary/aromatic N) is 2. The van der Waals surface area contributed by atoms with Gasteiger partial charge in [-0.2, -0.15) is 0 Å². The van der Waals surface area contributed by atoms with Crippen molar-refractivity contribution in [2.75, 3.05) is 7.11 Å². The number of fused-ring (bicyclic) bond motifs is 1. The molecule has 102 valence electrons. The minimum atomic E-state index is 0.222. The summed E-state index contributed by atoms with van der Waals surface area (Å²) in [5, 5.41) is 1.18. The Morgan fingerprint density at radius 1 is 1.10 bits per heavy atom. The number of rotatable bonds is 2. The number of aromatic amines is 1. The number of methoxy groups -OCH3 is 1. The lowest BCUT2D eigenvalue weighted by atomic mass is 10.2. The molecule has 0 bridgehead atoms. The first-order chi connectivity index (χ1) is 9.58. The van der Waals surface area contributed by atoms with Crippen molar-refractivity contribution in [3.05, 3.63) is 39.5 Å². The minimum Gasteiger partial charge on any atom is -0.496 e. The van der Waals surface area contributed by atoms with E-state index < -0.39 is 0 Å². The van der Waals surface area contributed by atoms with Crippen molar-refractivity contribution in [1.29, 1.82) is 0 Å². The Morgan fingerprint density at radius 2 is 1.90 bits per heavy atom. The van der Waals surface area contributed by atoms with Crippen LogP contribution in [0.4, 0.5) is 0 Å². The molecule has 0 amide bonds. The average Bonchev–Trinajstić information content (AvgIpc) is 2.81. The van der Waals surface area contributed by atoms with Crippen LogP contribution in [0.1, 0.15) is 0 Å². The zero-order valence-corrected chi connectivity index (χ0v) is 12.5. The van der Waals surface area contributed by atoms with Crippen LogP contribution in [0.2, 0.25) is 15.2 Å². The lowest BCUT2D eigenvalue weighted by Gasteiger charge is -2.05. The first-order valence-electron chi connectivity index (χ1n) is 5.64. The van der Waals surface area contributed by atoms with Crippen LogP contribution in [-0.4, -0.2) is 22.1 Å². The third-order valence-electron chi connectivity index (χ3n) is 2.80. The van der Waals surface area contributed by atoms with Crippen molar-refractivity contribution < 1.29 is 4.74 Å². The molecule has 3 rings (SSSR count). The van der Waals surface area contributed by atoms with E-state index in [0.29, 0.717) is 32.8 Å². The molecule has 2 heterocycles. The molecule has 0 aliphatic carbocycles. The van der Waals surface area contributed by atoms with Crippen LogP contribution in [0, 0.1) is 0 Å². The van der Waals surface area contributed by atoms with Crippen molar-refractivity contribution in [2.45, 2.75) is 0 Å². The molecular formula is C13H8Cl3N3O. The Morgan fingerprint density at radius 3 is 2.65 bits per heavy atom. The predicted octanol–water partition coefficient (Wildman–Crippen LogP) is 4.59. The van der Waals surface area contributed by atoms with Gasteiger partial charge in [-0.05, 0) is 24.3 Å². The molecule has 3 aromatic rings. The summed E-state index contributed by atoms with van der Waals surface area (Å²) >= 11 is 17.8. The molecule has 20 heavy (non-hydrogen) atoms. The fourth-order valence-electron chi connectivity index (χ4n) is 1.88. The molecule has 0 unspecified atom stereocenters. The summed E-state index contributed by atoms with van der Waals surface area (Å²) in [5.74, 6) is 1.23. The van der Waals surface area contributed by atoms with Gasteiger partial charge in [0.2, 0.25) is 0 Å². The Bertz CT molecular complexity index is 762. The summed E-state index contributed by atoms with van der Waals surface area (Å²) in [5.41, 5.74) is 1.97. The van der Waals surface area contributed by atoms with Crippen LogP contribution in [0.5, 0.6) is 5.75 Å². The number of halogens is 3. The number of benzene rings is 1. The molecule has 4 nitrogen and oxygen atoms in total. The number of aromatic nitrogens is 3. The third-order valence-corrected chi connectivity index (χ3v) is 3.71. The summed E-state index contributed by atoms with van der Waals surface area (Å²) < 4.78 is 5.31. The molecule has 0 saturated carbocycles. The number of ether oxygens (including phenoxy) is 1. The standard InChI is InChI=1S/C13H8Cl3N3O/c1-20-10-4-6(14)2-3-7(10)12-17-9-5-8(15)11(16)18-13(9)19-12/h2-5H,1H3,(H,17,18,19). The van der Waals surface area contributed by atoms with Crippen molar-refractivity contribution >= 4 is 46.0 Å². The van der Waals surface area contributed by atoms with E-state index in [-0.39, 0.29) is 5.15 Å². The van der Waals surface area contributed by atoms with Crippen LogP contribution >= 0.6 is 34.8 Å². The van der Waals surface area contributed by atoms with Gasteiger partial charge in [0.15, 0.2) is 5.65 Å². The lowest BCUT2D eigenvalue weighted by Crippen LogP contribution is -1.89. The number of hydrogen-bond acceptors (Lipinski definition) is 3. The van der Waals surface area contributed by atoms with Gasteiger partial charge in [-0.1, -0.05) is 34.8 Å². The van der Waals surface area contributed by atoms with Crippen LogP contribution in [0.15, 0.2) is 24.3 Å². The maximum Gasteiger partial charge on any atom is 0.179 e. The summed E-state index contributed by atoms with van der Waals surface area (Å²) in [4.78, 5) is 11.6. The Hall–Kier alpha value is -1.49. The highest BCUT2D eigenvalue weighted by Crippen LogP contribution is 2.32. The quantitative estimate of drug-likeness (QED) is 0.700. The van der Waals surface area contributed by atoms with Gasteiger partial charge < -0.3 is 9.72 Å². The second kappa shape index (κ2) is 5.13. The Balaban J connectivity index is 2.20. The smallest absolute Gasteiger partial charge is 0.179 e. The molecule has 0 atom stereocenters. The van der Waals surface area contributed by atoms with Crippen molar-refractivity contribution in [2.24, 2.45) is 0 Å². The Labute approximate surface area is 129 Å². The average molecular weight is 329 g/mol. The van der Waals surface area contributed by atoms with E-state index in [1.807, 2.05) is 6.07 Å². The van der Waals surface area contributed by atoms with Gasteiger partial charge >= 0.3 is 0 Å². The first-order valence-corrected chi connectivity index (χ1v) is 6.77. The fourth-order valence-corrected chi connectivity index (χ4v) is 2.33. The van der Waals surface area contributed by atoms with E-state index in [4.69, 9.17) is 39.5 Å². The van der Waals surface area contributed by atoms with Gasteiger partial charge in [-0.3, -0.25) is 0 Å². The van der Waals surface area contributed by atoms with Gasteiger partial charge in [0.05, 0.1) is 23.2 Å². The van der Waals surface area contributed by atoms with Crippen LogP contribution in [-0.2, 0) is 0 Å².